The van der Waals surface area contributed by atoms with Crippen LogP contribution in [0.5, 0.6) is 0 Å². The molecule has 0 aliphatic heterocycles. The molecule has 1 aromatic carbocycles. The molecule has 3 aromatic rings. The van der Waals surface area contributed by atoms with E-state index < -0.39 is 0 Å². The summed E-state index contributed by atoms with van der Waals surface area (Å²) in [5.41, 5.74) is 2.11. The predicted molar refractivity (Wildman–Crippen MR) is 94.7 cm³/mol. The summed E-state index contributed by atoms with van der Waals surface area (Å²) in [6.07, 6.45) is 1.49. The molecule has 0 unspecified atom stereocenters. The third-order valence-corrected chi connectivity index (χ3v) is 5.44. The Balaban J connectivity index is 2.17. The zero-order valence-corrected chi connectivity index (χ0v) is 14.2. The van der Waals surface area contributed by atoms with Gasteiger partial charge in [-0.05, 0) is 19.4 Å². The van der Waals surface area contributed by atoms with Gasteiger partial charge in [-0.15, -0.1) is 11.3 Å². The van der Waals surface area contributed by atoms with Gasteiger partial charge in [-0.3, -0.25) is 4.79 Å². The van der Waals surface area contributed by atoms with E-state index in [-0.39, 0.29) is 11.5 Å². The lowest BCUT2D eigenvalue weighted by atomic mass is 10.1. The fourth-order valence-electron chi connectivity index (χ4n) is 2.25. The van der Waals surface area contributed by atoms with E-state index in [0.717, 1.165) is 21.3 Å². The van der Waals surface area contributed by atoms with E-state index in [1.165, 1.54) is 43.3 Å². The topological polar surface area (TPSA) is 63.1 Å². The van der Waals surface area contributed by atoms with Gasteiger partial charge in [0.25, 0.3) is 0 Å². The molecule has 0 radical (unpaired) electrons. The summed E-state index contributed by atoms with van der Waals surface area (Å²) < 4.78 is 0. The highest BCUT2D eigenvalue weighted by atomic mass is 32.2. The molecule has 4 nitrogen and oxygen atoms in total. The summed E-state index contributed by atoms with van der Waals surface area (Å²) >= 11 is 2.72. The Labute approximate surface area is 141 Å². The van der Waals surface area contributed by atoms with Crippen LogP contribution in [0.4, 0.5) is 0 Å². The molecule has 23 heavy (non-hydrogen) atoms. The van der Waals surface area contributed by atoms with E-state index in [0.29, 0.717) is 9.93 Å². The second-order valence-electron chi connectivity index (χ2n) is 4.95. The van der Waals surface area contributed by atoms with Gasteiger partial charge in [0.05, 0.1) is 10.3 Å². The van der Waals surface area contributed by atoms with Gasteiger partial charge in [0, 0.05) is 10.9 Å². The molecule has 2 heterocycles. The minimum Gasteiger partial charge on any atom is -0.511 e. The van der Waals surface area contributed by atoms with Gasteiger partial charge < -0.3 is 5.11 Å². The number of hydrogen-bond donors (Lipinski definition) is 1. The van der Waals surface area contributed by atoms with Crippen LogP contribution in [0.1, 0.15) is 13.8 Å². The number of rotatable bonds is 4. The van der Waals surface area contributed by atoms with Crippen molar-refractivity contribution in [3.8, 4) is 11.1 Å². The normalized spacial score (nSPS) is 12.3. The summed E-state index contributed by atoms with van der Waals surface area (Å²) in [7, 11) is 0. The van der Waals surface area contributed by atoms with E-state index in [2.05, 4.69) is 9.97 Å². The number of carbonyl (C=O) groups excluding carboxylic acids is 1. The largest absolute Gasteiger partial charge is 0.511 e. The van der Waals surface area contributed by atoms with Crippen molar-refractivity contribution in [3.63, 3.8) is 0 Å². The van der Waals surface area contributed by atoms with Crippen molar-refractivity contribution >= 4 is 39.1 Å². The molecular weight excluding hydrogens is 328 g/mol. The number of carbonyl (C=O) groups is 1. The van der Waals surface area contributed by atoms with Crippen LogP contribution >= 0.6 is 23.1 Å². The number of benzene rings is 1. The van der Waals surface area contributed by atoms with Gasteiger partial charge in [-0.25, -0.2) is 9.97 Å². The molecule has 2 aromatic heterocycles. The molecule has 0 fully saturated rings. The minimum atomic E-state index is -0.182. The Hall–Kier alpha value is -2.18. The Morgan fingerprint density at radius 1 is 1.17 bits per heavy atom. The molecule has 0 bridgehead atoms. The van der Waals surface area contributed by atoms with Gasteiger partial charge in [0.2, 0.25) is 0 Å². The van der Waals surface area contributed by atoms with Crippen molar-refractivity contribution in [1.82, 2.24) is 9.97 Å². The standard InChI is InChI=1S/C17H14N2O2S2/c1-10(20)15(11(2)21)23-17-14-13(12-6-4-3-5-7-12)8-22-16(14)18-9-19-17/h3-9,20H,1-2H3. The average Bonchev–Trinajstić information content (AvgIpc) is 2.97. The zero-order chi connectivity index (χ0) is 16.4. The first-order chi connectivity index (χ1) is 11.1. The third kappa shape index (κ3) is 3.13. The number of thiophene rings is 1. The first-order valence-corrected chi connectivity index (χ1v) is 8.63. The molecular formula is C17H14N2O2S2. The highest BCUT2D eigenvalue weighted by Crippen LogP contribution is 2.40. The molecule has 0 spiro atoms. The predicted octanol–water partition coefficient (Wildman–Crippen LogP) is 4.83. The van der Waals surface area contributed by atoms with Crippen LogP contribution in [0, 0.1) is 0 Å². The van der Waals surface area contributed by atoms with Crippen molar-refractivity contribution in [3.05, 3.63) is 52.7 Å². The first kappa shape index (κ1) is 15.7. The number of aromatic nitrogens is 2. The Morgan fingerprint density at radius 3 is 2.57 bits per heavy atom. The molecule has 116 valence electrons. The lowest BCUT2D eigenvalue weighted by Gasteiger charge is -2.07. The van der Waals surface area contributed by atoms with Gasteiger partial charge in [0.15, 0.2) is 5.78 Å². The van der Waals surface area contributed by atoms with Crippen LogP contribution < -0.4 is 0 Å². The Kier molecular flexibility index (Phi) is 4.45. The van der Waals surface area contributed by atoms with Gasteiger partial charge >= 0.3 is 0 Å². The van der Waals surface area contributed by atoms with Crippen LogP contribution in [0.3, 0.4) is 0 Å². The maximum atomic E-state index is 11.7. The molecule has 6 heteroatoms. The number of fused-ring (bicyclic) bond motifs is 1. The fraction of sp³-hybridized carbons (Fsp3) is 0.118. The molecule has 0 aliphatic rings. The lowest BCUT2D eigenvalue weighted by Crippen LogP contribution is -1.97. The Bertz CT molecular complexity index is 897. The summed E-state index contributed by atoms with van der Waals surface area (Å²) in [6, 6.07) is 9.99. The first-order valence-electron chi connectivity index (χ1n) is 6.94. The van der Waals surface area contributed by atoms with Crippen molar-refractivity contribution in [2.24, 2.45) is 0 Å². The average molecular weight is 342 g/mol. The minimum absolute atomic E-state index is 0.00533. The zero-order valence-electron chi connectivity index (χ0n) is 12.6. The summed E-state index contributed by atoms with van der Waals surface area (Å²) in [5.74, 6) is -0.177. The number of thioether (sulfide) groups is 1. The maximum Gasteiger partial charge on any atom is 0.169 e. The second-order valence-corrected chi connectivity index (χ2v) is 6.80. The van der Waals surface area contributed by atoms with Crippen LogP contribution in [0.2, 0.25) is 0 Å². The number of ketones is 1. The van der Waals surface area contributed by atoms with Crippen molar-refractivity contribution < 1.29 is 9.90 Å². The summed E-state index contributed by atoms with van der Waals surface area (Å²) in [4.78, 5) is 21.5. The molecule has 0 aliphatic carbocycles. The smallest absolute Gasteiger partial charge is 0.169 e. The van der Waals surface area contributed by atoms with Crippen molar-refractivity contribution in [2.75, 3.05) is 0 Å². The molecule has 1 N–H and O–H groups in total. The van der Waals surface area contributed by atoms with Crippen LogP contribution in [0.25, 0.3) is 21.3 Å². The van der Waals surface area contributed by atoms with Crippen LogP contribution in [0.15, 0.2) is 57.7 Å². The number of hydrogen-bond acceptors (Lipinski definition) is 6. The third-order valence-electron chi connectivity index (χ3n) is 3.27. The van der Waals surface area contributed by atoms with E-state index in [9.17, 15) is 9.90 Å². The van der Waals surface area contributed by atoms with Crippen molar-refractivity contribution in [2.45, 2.75) is 18.9 Å². The fourth-order valence-corrected chi connectivity index (χ4v) is 4.13. The molecule has 3 rings (SSSR count). The quantitative estimate of drug-likeness (QED) is 0.318. The van der Waals surface area contributed by atoms with Crippen LogP contribution in [-0.4, -0.2) is 20.9 Å². The number of allylic oxidation sites excluding steroid dienone is 2. The van der Waals surface area contributed by atoms with E-state index in [1.54, 1.807) is 0 Å². The van der Waals surface area contributed by atoms with Crippen LogP contribution in [-0.2, 0) is 4.79 Å². The van der Waals surface area contributed by atoms with Gasteiger partial charge in [-0.2, -0.15) is 0 Å². The SMILES string of the molecule is CC(=O)C(Sc1ncnc2scc(-c3ccccc3)c12)=C(C)O. The van der Waals surface area contributed by atoms with Gasteiger partial charge in [-0.1, -0.05) is 42.1 Å². The number of aliphatic hydroxyl groups excluding tert-OH is 1. The maximum absolute atomic E-state index is 11.7. The number of nitrogens with zero attached hydrogens (tertiary/aromatic N) is 2. The second kappa shape index (κ2) is 6.52. The Morgan fingerprint density at radius 2 is 1.91 bits per heavy atom. The van der Waals surface area contributed by atoms with Crippen molar-refractivity contribution in [1.29, 1.82) is 0 Å². The highest BCUT2D eigenvalue weighted by Gasteiger charge is 2.17. The number of aliphatic hydroxyl groups is 1. The summed E-state index contributed by atoms with van der Waals surface area (Å²) in [6.45, 7) is 2.94. The molecule has 0 saturated heterocycles. The highest BCUT2D eigenvalue weighted by molar-refractivity contribution is 8.04. The summed E-state index contributed by atoms with van der Waals surface area (Å²) in [5, 5.41) is 13.4. The van der Waals surface area contributed by atoms with E-state index in [4.69, 9.17) is 0 Å². The lowest BCUT2D eigenvalue weighted by molar-refractivity contribution is -0.113. The monoisotopic (exact) mass is 342 g/mol. The van der Waals surface area contributed by atoms with Gasteiger partial charge in [0.1, 0.15) is 21.9 Å². The molecule has 0 saturated carbocycles. The molecule has 0 amide bonds. The van der Waals surface area contributed by atoms with E-state index in [1.807, 2.05) is 35.7 Å². The number of Topliss-reactive ketones (excluding diaryl/α,β-unsaturated/α-hetero) is 1. The van der Waals surface area contributed by atoms with E-state index >= 15 is 0 Å². The molecule has 0 atom stereocenters.